The van der Waals surface area contributed by atoms with Crippen molar-refractivity contribution in [1.29, 1.82) is 0 Å². The summed E-state index contributed by atoms with van der Waals surface area (Å²) in [5.74, 6) is -2.66. The van der Waals surface area contributed by atoms with Crippen molar-refractivity contribution in [3.8, 4) is 5.75 Å². The van der Waals surface area contributed by atoms with E-state index in [0.29, 0.717) is 11.5 Å². The summed E-state index contributed by atoms with van der Waals surface area (Å²) in [6.45, 7) is -0.0699. The molecule has 0 bridgehead atoms. The van der Waals surface area contributed by atoms with Crippen molar-refractivity contribution in [3.63, 3.8) is 0 Å². The Bertz CT molecular complexity index is 1470. The van der Waals surface area contributed by atoms with Gasteiger partial charge in [0.15, 0.2) is 11.6 Å². The number of rotatable bonds is 11. The van der Waals surface area contributed by atoms with Crippen LogP contribution in [0, 0.1) is 0 Å². The molecule has 2 N–H and O–H groups in total. The number of halogens is 3. The summed E-state index contributed by atoms with van der Waals surface area (Å²) in [7, 11) is 0. The molecule has 1 saturated carbocycles. The van der Waals surface area contributed by atoms with E-state index in [-0.39, 0.29) is 35.2 Å². The van der Waals surface area contributed by atoms with Crippen LogP contribution in [-0.4, -0.2) is 41.5 Å². The van der Waals surface area contributed by atoms with Gasteiger partial charge in [0.2, 0.25) is 0 Å². The largest absolute Gasteiger partial charge is 0.573 e. The first-order valence-electron chi connectivity index (χ1n) is 13.4. The van der Waals surface area contributed by atoms with Crippen LogP contribution < -0.4 is 10.1 Å². The lowest BCUT2D eigenvalue weighted by molar-refractivity contribution is -0.274. The van der Waals surface area contributed by atoms with Crippen molar-refractivity contribution in [2.24, 2.45) is 0 Å². The average Bonchev–Trinajstić information content (AvgIpc) is 3.50. The van der Waals surface area contributed by atoms with E-state index in [1.54, 1.807) is 12.1 Å². The predicted molar refractivity (Wildman–Crippen MR) is 148 cm³/mol. The van der Waals surface area contributed by atoms with Gasteiger partial charge in [-0.05, 0) is 60.2 Å². The zero-order valence-electron chi connectivity index (χ0n) is 22.4. The van der Waals surface area contributed by atoms with Gasteiger partial charge in [-0.2, -0.15) is 0 Å². The van der Waals surface area contributed by atoms with E-state index < -0.39 is 35.6 Å². The Balaban J connectivity index is 1.60. The van der Waals surface area contributed by atoms with Crippen molar-refractivity contribution in [3.05, 3.63) is 107 Å². The fourth-order valence-corrected chi connectivity index (χ4v) is 4.82. The van der Waals surface area contributed by atoms with Crippen molar-refractivity contribution >= 4 is 29.0 Å². The molecule has 0 saturated heterocycles. The Labute approximate surface area is 240 Å². The van der Waals surface area contributed by atoms with Gasteiger partial charge >= 0.3 is 12.3 Å². The van der Waals surface area contributed by atoms with E-state index in [9.17, 15) is 32.3 Å². The second kappa shape index (κ2) is 13.3. The maximum absolute atomic E-state index is 13.6. The van der Waals surface area contributed by atoms with Crippen molar-refractivity contribution < 1.29 is 42.2 Å². The minimum Gasteiger partial charge on any atom is -0.481 e. The molecule has 0 unspecified atom stereocenters. The third kappa shape index (κ3) is 8.15. The van der Waals surface area contributed by atoms with Crippen LogP contribution in [0.3, 0.4) is 0 Å². The van der Waals surface area contributed by atoms with E-state index in [2.05, 4.69) is 10.1 Å². The third-order valence-corrected chi connectivity index (χ3v) is 6.97. The number of carbonyl (C=O) groups is 4. The molecule has 0 spiro atoms. The fourth-order valence-electron chi connectivity index (χ4n) is 4.82. The van der Waals surface area contributed by atoms with Gasteiger partial charge in [0.05, 0.1) is 6.42 Å². The molecule has 0 heterocycles. The topological polar surface area (TPSA) is 110 Å². The maximum Gasteiger partial charge on any atom is 0.573 e. The highest BCUT2D eigenvalue weighted by Crippen LogP contribution is 2.34. The van der Waals surface area contributed by atoms with Gasteiger partial charge < -0.3 is 15.2 Å². The van der Waals surface area contributed by atoms with E-state index >= 15 is 0 Å². The monoisotopic (exact) mass is 579 g/mol. The summed E-state index contributed by atoms with van der Waals surface area (Å²) in [6, 6.07) is 17.3. The molecule has 0 aromatic heterocycles. The lowest BCUT2D eigenvalue weighted by Gasteiger charge is -2.12. The van der Waals surface area contributed by atoms with Gasteiger partial charge in [-0.15, -0.1) is 13.2 Å². The van der Waals surface area contributed by atoms with Crippen LogP contribution in [0.5, 0.6) is 5.75 Å². The molecule has 1 aliphatic carbocycles. The number of Topliss-reactive ketones (excluding diaryl/α,β-unsaturated/α-hetero) is 1. The molecule has 0 radical (unpaired) electrons. The number of allylic oxidation sites excluding steroid dienone is 2. The number of aliphatic carboxylic acids is 1. The molecular formula is C32H28F3NO6. The molecule has 42 heavy (non-hydrogen) atoms. The number of hydrogen-bond donors (Lipinski definition) is 2. The summed E-state index contributed by atoms with van der Waals surface area (Å²) in [6.07, 6.45) is 0.550. The van der Waals surface area contributed by atoms with Crippen LogP contribution in [0.25, 0.3) is 5.57 Å². The summed E-state index contributed by atoms with van der Waals surface area (Å²) in [4.78, 5) is 49.8. The number of ether oxygens (including phenoxy) is 1. The number of carboxylic acids is 1. The van der Waals surface area contributed by atoms with Gasteiger partial charge in [-0.1, -0.05) is 61.4 Å². The number of alkyl halides is 3. The summed E-state index contributed by atoms with van der Waals surface area (Å²) < 4.78 is 41.9. The lowest BCUT2D eigenvalue weighted by atomic mass is 9.92. The molecule has 10 heteroatoms. The number of carbonyl (C=O) groups excluding carboxylic acids is 3. The maximum atomic E-state index is 13.6. The van der Waals surface area contributed by atoms with Crippen molar-refractivity contribution in [2.45, 2.75) is 44.4 Å². The predicted octanol–water partition coefficient (Wildman–Crippen LogP) is 6.60. The number of benzene rings is 3. The molecule has 218 valence electrons. The molecule has 0 aliphatic heterocycles. The highest BCUT2D eigenvalue weighted by Gasteiger charge is 2.31. The van der Waals surface area contributed by atoms with Gasteiger partial charge in [0.1, 0.15) is 5.75 Å². The van der Waals surface area contributed by atoms with Crippen LogP contribution in [0.4, 0.5) is 13.2 Å². The molecule has 1 amide bonds. The molecule has 3 aromatic rings. The van der Waals surface area contributed by atoms with E-state index in [1.165, 1.54) is 49.2 Å². The minimum absolute atomic E-state index is 0.0583. The Morgan fingerprint density at radius 2 is 1.36 bits per heavy atom. The van der Waals surface area contributed by atoms with Gasteiger partial charge in [-0.25, -0.2) is 0 Å². The van der Waals surface area contributed by atoms with Crippen LogP contribution in [0.1, 0.15) is 80.2 Å². The minimum atomic E-state index is -4.89. The van der Waals surface area contributed by atoms with Crippen LogP contribution >= 0.6 is 0 Å². The zero-order chi connectivity index (χ0) is 30.3. The first-order valence-corrected chi connectivity index (χ1v) is 13.4. The number of carboxylic acid groups (broad SMARTS) is 1. The molecule has 1 fully saturated rings. The molecule has 3 aromatic carbocycles. The van der Waals surface area contributed by atoms with E-state index in [0.717, 1.165) is 36.6 Å². The standard InChI is InChI=1S/C32H28F3NO6/c33-32(34,35)42-26-15-13-22(14-16-26)27(19-28(37)23-7-5-21(6-8-23)20-3-1-2-4-20)30(40)24-9-11-25(12-10-24)31(41)36-18-17-29(38)39/h5-16,19-20H,1-4,17-18H2,(H,36,41)(H,38,39). The summed E-state index contributed by atoms with van der Waals surface area (Å²) in [5.41, 5.74) is 1.96. The normalized spacial score (nSPS) is 13.9. The summed E-state index contributed by atoms with van der Waals surface area (Å²) in [5, 5.41) is 11.2. The average molecular weight is 580 g/mol. The lowest BCUT2D eigenvalue weighted by Crippen LogP contribution is -2.26. The first kappa shape index (κ1) is 30.2. The van der Waals surface area contributed by atoms with Gasteiger partial charge in [0.25, 0.3) is 5.91 Å². The molecule has 7 nitrogen and oxygen atoms in total. The van der Waals surface area contributed by atoms with Crippen LogP contribution in [0.15, 0.2) is 78.9 Å². The number of hydrogen-bond acceptors (Lipinski definition) is 5. The Morgan fingerprint density at radius 3 is 1.93 bits per heavy atom. The Morgan fingerprint density at radius 1 is 0.810 bits per heavy atom. The van der Waals surface area contributed by atoms with Gasteiger partial charge in [-0.3, -0.25) is 19.2 Å². The zero-order valence-corrected chi connectivity index (χ0v) is 22.4. The van der Waals surface area contributed by atoms with Crippen LogP contribution in [0.2, 0.25) is 0 Å². The van der Waals surface area contributed by atoms with E-state index in [1.807, 2.05) is 12.1 Å². The van der Waals surface area contributed by atoms with Crippen LogP contribution in [-0.2, 0) is 4.79 Å². The smallest absolute Gasteiger partial charge is 0.481 e. The van der Waals surface area contributed by atoms with Crippen molar-refractivity contribution in [1.82, 2.24) is 5.32 Å². The second-order valence-electron chi connectivity index (χ2n) is 9.90. The number of amides is 1. The third-order valence-electron chi connectivity index (χ3n) is 6.97. The SMILES string of the molecule is O=C(O)CCNC(=O)c1ccc(C(=O)C(=CC(=O)c2ccc(C3CCCC3)cc2)c2ccc(OC(F)(F)F)cc2)cc1. The Hall–Kier alpha value is -4.73. The summed E-state index contributed by atoms with van der Waals surface area (Å²) >= 11 is 0. The quantitative estimate of drug-likeness (QED) is 0.196. The fraction of sp³-hybridized carbons (Fsp3) is 0.250. The second-order valence-corrected chi connectivity index (χ2v) is 9.90. The highest BCUT2D eigenvalue weighted by molar-refractivity contribution is 6.32. The molecule has 4 rings (SSSR count). The molecule has 0 atom stereocenters. The van der Waals surface area contributed by atoms with E-state index in [4.69, 9.17) is 5.11 Å². The molecule has 1 aliphatic rings. The number of nitrogens with one attached hydrogen (secondary N) is 1. The Kier molecular flexibility index (Phi) is 9.57. The first-order chi connectivity index (χ1) is 20.0. The number of ketones is 2. The van der Waals surface area contributed by atoms with Gasteiger partial charge in [0, 0.05) is 28.8 Å². The highest BCUT2D eigenvalue weighted by atomic mass is 19.4. The van der Waals surface area contributed by atoms with Crippen molar-refractivity contribution in [2.75, 3.05) is 6.54 Å². The molecular weight excluding hydrogens is 551 g/mol.